The first-order valence-electron chi connectivity index (χ1n) is 9.70. The zero-order chi connectivity index (χ0) is 22.2. The fourth-order valence-electron chi connectivity index (χ4n) is 3.57. The number of hydrogen-bond donors (Lipinski definition) is 4. The summed E-state index contributed by atoms with van der Waals surface area (Å²) in [6.45, 7) is 7.60. The highest BCUT2D eigenvalue weighted by atomic mass is 16.5. The Bertz CT molecular complexity index is 1070. The molecule has 0 radical (unpaired) electrons. The second-order valence-electron chi connectivity index (χ2n) is 8.01. The van der Waals surface area contributed by atoms with Crippen LogP contribution in [0.15, 0.2) is 35.4 Å². The molecule has 0 aromatic heterocycles. The number of Topliss-reactive ketones (excluding diaryl/α,β-unsaturated/α-hetero) is 1. The smallest absolute Gasteiger partial charge is 0.174 e. The van der Waals surface area contributed by atoms with E-state index in [4.69, 9.17) is 4.74 Å². The predicted molar refractivity (Wildman–Crippen MR) is 114 cm³/mol. The van der Waals surface area contributed by atoms with Gasteiger partial charge in [-0.1, -0.05) is 23.3 Å². The van der Waals surface area contributed by atoms with E-state index in [-0.39, 0.29) is 46.5 Å². The molecule has 1 aliphatic rings. The lowest BCUT2D eigenvalue weighted by Gasteiger charge is -2.28. The maximum atomic E-state index is 12.7. The standard InChI is InChI=1S/C24H26O6/c1-12(2)5-6-16-17(8-14(7-13(3)4)23(28)24(16)29)20-11-19(27)22-18(26)9-15(25)10-21(22)30-20/h5,7-10,20,25-26,28-29H,6,11H2,1-4H3. The quantitative estimate of drug-likeness (QED) is 0.410. The van der Waals surface area contributed by atoms with Crippen molar-refractivity contribution in [1.29, 1.82) is 0 Å². The van der Waals surface area contributed by atoms with Crippen molar-refractivity contribution in [1.82, 2.24) is 0 Å². The van der Waals surface area contributed by atoms with Crippen molar-refractivity contribution in [3.05, 3.63) is 57.7 Å². The Morgan fingerprint density at radius 3 is 2.37 bits per heavy atom. The van der Waals surface area contributed by atoms with E-state index < -0.39 is 6.10 Å². The molecule has 2 aromatic carbocycles. The third-order valence-corrected chi connectivity index (χ3v) is 4.93. The fourth-order valence-corrected chi connectivity index (χ4v) is 3.57. The summed E-state index contributed by atoms with van der Waals surface area (Å²) in [5.74, 6) is -1.28. The Morgan fingerprint density at radius 1 is 1.03 bits per heavy atom. The van der Waals surface area contributed by atoms with Gasteiger partial charge in [0.15, 0.2) is 17.3 Å². The molecule has 0 saturated carbocycles. The van der Waals surface area contributed by atoms with Gasteiger partial charge in [-0.2, -0.15) is 0 Å². The molecule has 1 unspecified atom stereocenters. The highest BCUT2D eigenvalue weighted by Crippen LogP contribution is 2.45. The summed E-state index contributed by atoms with van der Waals surface area (Å²) in [6.07, 6.45) is 3.20. The Hall–Kier alpha value is -3.41. The lowest BCUT2D eigenvalue weighted by atomic mass is 9.89. The maximum absolute atomic E-state index is 12.7. The molecule has 0 fully saturated rings. The molecule has 30 heavy (non-hydrogen) atoms. The zero-order valence-electron chi connectivity index (χ0n) is 17.5. The van der Waals surface area contributed by atoms with Crippen molar-refractivity contribution in [3.8, 4) is 28.7 Å². The van der Waals surface area contributed by atoms with Crippen molar-refractivity contribution in [2.45, 2.75) is 46.6 Å². The van der Waals surface area contributed by atoms with Gasteiger partial charge >= 0.3 is 0 Å². The molecule has 2 aromatic rings. The first-order valence-corrected chi connectivity index (χ1v) is 9.70. The third-order valence-electron chi connectivity index (χ3n) is 4.93. The van der Waals surface area contributed by atoms with Gasteiger partial charge in [0, 0.05) is 28.8 Å². The summed E-state index contributed by atoms with van der Waals surface area (Å²) >= 11 is 0. The van der Waals surface area contributed by atoms with Gasteiger partial charge in [-0.3, -0.25) is 4.79 Å². The summed E-state index contributed by atoms with van der Waals surface area (Å²) in [5.41, 5.74) is 3.44. The number of allylic oxidation sites excluding steroid dienone is 3. The van der Waals surface area contributed by atoms with Crippen LogP contribution < -0.4 is 4.74 Å². The van der Waals surface area contributed by atoms with Gasteiger partial charge in [-0.25, -0.2) is 0 Å². The van der Waals surface area contributed by atoms with Gasteiger partial charge in [0.05, 0.1) is 6.42 Å². The summed E-state index contributed by atoms with van der Waals surface area (Å²) in [4.78, 5) is 12.7. The van der Waals surface area contributed by atoms with E-state index >= 15 is 0 Å². The van der Waals surface area contributed by atoms with E-state index in [9.17, 15) is 25.2 Å². The van der Waals surface area contributed by atoms with Crippen LogP contribution in [0.25, 0.3) is 6.08 Å². The predicted octanol–water partition coefficient (Wildman–Crippen LogP) is 5.15. The second kappa shape index (κ2) is 8.14. The molecule has 0 bridgehead atoms. The number of phenols is 4. The number of ether oxygens (including phenoxy) is 1. The highest BCUT2D eigenvalue weighted by molar-refractivity contribution is 6.02. The third kappa shape index (κ3) is 4.13. The van der Waals surface area contributed by atoms with Crippen LogP contribution in [0.5, 0.6) is 28.7 Å². The van der Waals surface area contributed by atoms with Crippen molar-refractivity contribution >= 4 is 11.9 Å². The highest BCUT2D eigenvalue weighted by Gasteiger charge is 2.33. The molecule has 0 aliphatic carbocycles. The van der Waals surface area contributed by atoms with E-state index in [1.54, 1.807) is 12.1 Å². The van der Waals surface area contributed by atoms with Gasteiger partial charge in [0.1, 0.15) is 28.9 Å². The topological polar surface area (TPSA) is 107 Å². The Kier molecular flexibility index (Phi) is 5.78. The number of aromatic hydroxyl groups is 4. The van der Waals surface area contributed by atoms with E-state index in [0.29, 0.717) is 23.1 Å². The van der Waals surface area contributed by atoms with Crippen molar-refractivity contribution < 1.29 is 30.0 Å². The van der Waals surface area contributed by atoms with Crippen LogP contribution in [0.4, 0.5) is 0 Å². The average molecular weight is 410 g/mol. The van der Waals surface area contributed by atoms with Crippen LogP contribution in [-0.2, 0) is 6.42 Å². The molecule has 1 heterocycles. The van der Waals surface area contributed by atoms with Gasteiger partial charge in [0.25, 0.3) is 0 Å². The summed E-state index contributed by atoms with van der Waals surface area (Å²) in [7, 11) is 0. The lowest BCUT2D eigenvalue weighted by molar-refractivity contribution is 0.0843. The van der Waals surface area contributed by atoms with E-state index in [1.807, 2.05) is 33.8 Å². The van der Waals surface area contributed by atoms with Crippen LogP contribution in [0.2, 0.25) is 0 Å². The minimum absolute atomic E-state index is 0.0300. The molecule has 6 heteroatoms. The fraction of sp³-hybridized carbons (Fsp3) is 0.292. The molecule has 1 atom stereocenters. The first kappa shape index (κ1) is 21.3. The second-order valence-corrected chi connectivity index (χ2v) is 8.01. The van der Waals surface area contributed by atoms with Gasteiger partial charge < -0.3 is 25.2 Å². The molecule has 6 nitrogen and oxygen atoms in total. The van der Waals surface area contributed by atoms with Crippen molar-refractivity contribution in [2.24, 2.45) is 0 Å². The van der Waals surface area contributed by atoms with E-state index in [1.165, 1.54) is 6.07 Å². The maximum Gasteiger partial charge on any atom is 0.174 e. The molecular formula is C24H26O6. The van der Waals surface area contributed by atoms with E-state index in [0.717, 1.165) is 17.2 Å². The molecule has 158 valence electrons. The molecule has 1 aliphatic heterocycles. The molecule has 3 rings (SSSR count). The van der Waals surface area contributed by atoms with Crippen LogP contribution in [0.3, 0.4) is 0 Å². The van der Waals surface area contributed by atoms with Crippen LogP contribution in [-0.4, -0.2) is 26.2 Å². The average Bonchev–Trinajstić information content (AvgIpc) is 2.63. The number of carbonyl (C=O) groups excluding carboxylic acids is 1. The Balaban J connectivity index is 2.18. The summed E-state index contributed by atoms with van der Waals surface area (Å²) in [6, 6.07) is 4.09. The number of benzene rings is 2. The SMILES string of the molecule is CC(C)=CCc1c(C2CC(=O)c3c(O)cc(O)cc3O2)cc(C=C(C)C)c(O)c1O. The number of ketones is 1. The molecular weight excluding hydrogens is 384 g/mol. The van der Waals surface area contributed by atoms with Gasteiger partial charge in [-0.15, -0.1) is 0 Å². The van der Waals surface area contributed by atoms with Crippen LogP contribution >= 0.6 is 0 Å². The first-order chi connectivity index (χ1) is 14.1. The van der Waals surface area contributed by atoms with Crippen LogP contribution in [0, 0.1) is 0 Å². The van der Waals surface area contributed by atoms with E-state index in [2.05, 4.69) is 0 Å². The van der Waals surface area contributed by atoms with Gasteiger partial charge in [0.2, 0.25) is 0 Å². The number of fused-ring (bicyclic) bond motifs is 1. The molecule has 0 spiro atoms. The van der Waals surface area contributed by atoms with Crippen molar-refractivity contribution in [3.63, 3.8) is 0 Å². The Morgan fingerprint density at radius 2 is 1.73 bits per heavy atom. The minimum atomic E-state index is -0.748. The number of rotatable bonds is 4. The molecule has 4 N–H and O–H groups in total. The summed E-state index contributed by atoms with van der Waals surface area (Å²) in [5, 5.41) is 41.1. The number of phenolic OH excluding ortho intramolecular Hbond substituents is 4. The minimum Gasteiger partial charge on any atom is -0.508 e. The number of hydrogen-bond acceptors (Lipinski definition) is 6. The summed E-state index contributed by atoms with van der Waals surface area (Å²) < 4.78 is 5.98. The number of carbonyl (C=O) groups is 1. The molecule has 0 saturated heterocycles. The largest absolute Gasteiger partial charge is 0.508 e. The lowest BCUT2D eigenvalue weighted by Crippen LogP contribution is -2.21. The zero-order valence-corrected chi connectivity index (χ0v) is 17.5. The molecule has 0 amide bonds. The Labute approximate surface area is 175 Å². The van der Waals surface area contributed by atoms with Crippen molar-refractivity contribution in [2.75, 3.05) is 0 Å². The van der Waals surface area contributed by atoms with Gasteiger partial charge in [-0.05, 0) is 40.2 Å². The normalized spacial score (nSPS) is 15.2. The van der Waals surface area contributed by atoms with Crippen LogP contribution in [0.1, 0.15) is 67.3 Å². The monoisotopic (exact) mass is 410 g/mol.